The van der Waals surface area contributed by atoms with Crippen molar-refractivity contribution in [3.05, 3.63) is 51.1 Å². The van der Waals surface area contributed by atoms with Crippen LogP contribution in [-0.2, 0) is 4.79 Å². The lowest BCUT2D eigenvalue weighted by Crippen LogP contribution is -2.33. The first kappa shape index (κ1) is 16.8. The van der Waals surface area contributed by atoms with Crippen molar-refractivity contribution in [3.8, 4) is 11.4 Å². The molecular weight excluding hydrogens is 342 g/mol. The summed E-state index contributed by atoms with van der Waals surface area (Å²) in [6.45, 7) is 3.08. The Bertz CT molecular complexity index is 1050. The Morgan fingerprint density at radius 1 is 1.28 bits per heavy atom. The Labute approximate surface area is 146 Å². The van der Waals surface area contributed by atoms with Crippen LogP contribution in [0, 0.1) is 6.92 Å². The molecule has 0 saturated heterocycles. The second kappa shape index (κ2) is 6.14. The summed E-state index contributed by atoms with van der Waals surface area (Å²) in [6.07, 6.45) is 0. The topological polar surface area (TPSA) is 115 Å². The predicted molar refractivity (Wildman–Crippen MR) is 94.9 cm³/mol. The van der Waals surface area contributed by atoms with Gasteiger partial charge in [-0.1, -0.05) is 30.3 Å². The van der Waals surface area contributed by atoms with Crippen LogP contribution in [0.25, 0.3) is 21.6 Å². The maximum absolute atomic E-state index is 13.1. The van der Waals surface area contributed by atoms with E-state index in [-0.39, 0.29) is 16.1 Å². The minimum atomic E-state index is -1.12. The van der Waals surface area contributed by atoms with Crippen LogP contribution in [0.15, 0.2) is 35.1 Å². The number of benzene rings is 1. The summed E-state index contributed by atoms with van der Waals surface area (Å²) in [5.41, 5.74) is 5.91. The van der Waals surface area contributed by atoms with E-state index in [0.717, 1.165) is 11.3 Å². The number of carboxylic acid groups (broad SMARTS) is 1. The average Bonchev–Trinajstić information content (AvgIpc) is 2.92. The van der Waals surface area contributed by atoms with E-state index in [9.17, 15) is 19.5 Å². The Kier molecular flexibility index (Phi) is 4.13. The number of primary amides is 1. The van der Waals surface area contributed by atoms with Crippen molar-refractivity contribution >= 4 is 33.4 Å². The van der Waals surface area contributed by atoms with Gasteiger partial charge in [0.1, 0.15) is 21.6 Å². The third-order valence-electron chi connectivity index (χ3n) is 4.02. The van der Waals surface area contributed by atoms with Gasteiger partial charge in [-0.3, -0.25) is 14.2 Å². The van der Waals surface area contributed by atoms with Gasteiger partial charge in [0.15, 0.2) is 0 Å². The second-order valence-electron chi connectivity index (χ2n) is 5.60. The molecule has 0 fully saturated rings. The number of nitrogens with two attached hydrogens (primary N) is 1. The zero-order valence-electron chi connectivity index (χ0n) is 13.5. The fourth-order valence-electron chi connectivity index (χ4n) is 2.68. The maximum Gasteiger partial charge on any atom is 0.346 e. The van der Waals surface area contributed by atoms with E-state index >= 15 is 0 Å². The van der Waals surface area contributed by atoms with Crippen LogP contribution in [0.2, 0.25) is 0 Å². The van der Waals surface area contributed by atoms with E-state index < -0.39 is 23.5 Å². The molecule has 1 amide bonds. The fraction of sp³-hybridized carbons (Fsp3) is 0.176. The summed E-state index contributed by atoms with van der Waals surface area (Å²) in [6, 6.07) is 7.99. The van der Waals surface area contributed by atoms with Crippen molar-refractivity contribution in [2.75, 3.05) is 0 Å². The van der Waals surface area contributed by atoms with Gasteiger partial charge in [0.2, 0.25) is 5.91 Å². The molecule has 128 valence electrons. The van der Waals surface area contributed by atoms with Crippen LogP contribution in [0.3, 0.4) is 0 Å². The van der Waals surface area contributed by atoms with Crippen molar-refractivity contribution in [2.45, 2.75) is 19.9 Å². The molecule has 3 N–H and O–H groups in total. The first-order valence-corrected chi connectivity index (χ1v) is 8.28. The summed E-state index contributed by atoms with van der Waals surface area (Å²) in [5, 5.41) is 9.51. The number of hydrogen-bond donors (Lipinski definition) is 2. The van der Waals surface area contributed by atoms with Crippen molar-refractivity contribution < 1.29 is 14.7 Å². The van der Waals surface area contributed by atoms with Gasteiger partial charge in [-0.15, -0.1) is 11.3 Å². The minimum Gasteiger partial charge on any atom is -0.477 e. The fourth-order valence-corrected chi connectivity index (χ4v) is 3.69. The molecule has 0 bridgehead atoms. The van der Waals surface area contributed by atoms with Crippen molar-refractivity contribution in [1.82, 2.24) is 9.55 Å². The van der Waals surface area contributed by atoms with Crippen LogP contribution in [0.5, 0.6) is 0 Å². The third kappa shape index (κ3) is 2.70. The van der Waals surface area contributed by atoms with Gasteiger partial charge in [-0.25, -0.2) is 9.78 Å². The molecular formula is C17H15N3O4S. The number of fused-ring (bicyclic) bond motifs is 1. The lowest BCUT2D eigenvalue weighted by Gasteiger charge is -2.17. The number of thiophene rings is 1. The normalized spacial score (nSPS) is 12.2. The number of aryl methyl sites for hydroxylation is 1. The van der Waals surface area contributed by atoms with Gasteiger partial charge < -0.3 is 10.8 Å². The van der Waals surface area contributed by atoms with Gasteiger partial charge in [0, 0.05) is 5.56 Å². The standard InChI is InChI=1S/C17H15N3O4S/c1-8-11-15(25-12(8)17(23)24)19-14(10-6-4-3-5-7-10)20(16(11)22)9(2)13(18)21/h3-7,9H,1-2H3,(H2,18,21)(H,23,24). The zero-order valence-corrected chi connectivity index (χ0v) is 14.3. The number of aromatic nitrogens is 2. The maximum atomic E-state index is 13.1. The van der Waals surface area contributed by atoms with Gasteiger partial charge in [-0.05, 0) is 19.4 Å². The largest absolute Gasteiger partial charge is 0.477 e. The molecule has 2 aromatic heterocycles. The minimum absolute atomic E-state index is 0.0584. The number of amides is 1. The lowest BCUT2D eigenvalue weighted by molar-refractivity contribution is -0.120. The van der Waals surface area contributed by atoms with Crippen LogP contribution >= 0.6 is 11.3 Å². The molecule has 25 heavy (non-hydrogen) atoms. The molecule has 8 heteroatoms. The summed E-state index contributed by atoms with van der Waals surface area (Å²) in [7, 11) is 0. The Morgan fingerprint density at radius 2 is 1.92 bits per heavy atom. The van der Waals surface area contributed by atoms with Gasteiger partial charge >= 0.3 is 5.97 Å². The van der Waals surface area contributed by atoms with Crippen molar-refractivity contribution in [3.63, 3.8) is 0 Å². The quantitative estimate of drug-likeness (QED) is 0.742. The summed E-state index contributed by atoms with van der Waals surface area (Å²) >= 11 is 0.944. The SMILES string of the molecule is Cc1c(C(=O)O)sc2nc(-c3ccccc3)n(C(C)C(N)=O)c(=O)c12. The molecule has 0 aliphatic rings. The van der Waals surface area contributed by atoms with Gasteiger partial charge in [0.05, 0.1) is 5.39 Å². The van der Waals surface area contributed by atoms with E-state index in [1.807, 2.05) is 6.07 Å². The third-order valence-corrected chi connectivity index (χ3v) is 5.20. The molecule has 1 unspecified atom stereocenters. The number of carboxylic acids is 1. The number of hydrogen-bond acceptors (Lipinski definition) is 5. The van der Waals surface area contributed by atoms with Crippen LogP contribution in [0.1, 0.15) is 28.2 Å². The van der Waals surface area contributed by atoms with E-state index in [2.05, 4.69) is 4.98 Å². The smallest absolute Gasteiger partial charge is 0.346 e. The highest BCUT2D eigenvalue weighted by molar-refractivity contribution is 7.20. The van der Waals surface area contributed by atoms with Crippen molar-refractivity contribution in [1.29, 1.82) is 0 Å². The Hall–Kier alpha value is -3.00. The number of carbonyl (C=O) groups is 2. The van der Waals surface area contributed by atoms with E-state index in [0.29, 0.717) is 16.0 Å². The van der Waals surface area contributed by atoms with Gasteiger partial charge in [0.25, 0.3) is 5.56 Å². The molecule has 0 aliphatic carbocycles. The Morgan fingerprint density at radius 3 is 2.48 bits per heavy atom. The van der Waals surface area contributed by atoms with Gasteiger partial charge in [-0.2, -0.15) is 0 Å². The van der Waals surface area contributed by atoms with E-state index in [1.54, 1.807) is 31.2 Å². The molecule has 1 atom stereocenters. The molecule has 3 aromatic rings. The monoisotopic (exact) mass is 357 g/mol. The first-order valence-electron chi connectivity index (χ1n) is 7.46. The number of rotatable bonds is 4. The molecule has 0 radical (unpaired) electrons. The molecule has 1 aromatic carbocycles. The average molecular weight is 357 g/mol. The molecule has 0 saturated carbocycles. The molecule has 2 heterocycles. The van der Waals surface area contributed by atoms with E-state index in [4.69, 9.17) is 5.73 Å². The van der Waals surface area contributed by atoms with Crippen LogP contribution < -0.4 is 11.3 Å². The summed E-state index contributed by atoms with van der Waals surface area (Å²) in [4.78, 5) is 41.0. The summed E-state index contributed by atoms with van der Waals surface area (Å²) < 4.78 is 1.23. The predicted octanol–water partition coefficient (Wildman–Crippen LogP) is 2.18. The highest BCUT2D eigenvalue weighted by Crippen LogP contribution is 2.30. The number of carbonyl (C=O) groups excluding carboxylic acids is 1. The lowest BCUT2D eigenvalue weighted by atomic mass is 10.1. The molecule has 3 rings (SSSR count). The molecule has 7 nitrogen and oxygen atoms in total. The summed E-state index contributed by atoms with van der Waals surface area (Å²) in [5.74, 6) is -1.51. The second-order valence-corrected chi connectivity index (χ2v) is 6.60. The van der Waals surface area contributed by atoms with Crippen LogP contribution in [-0.4, -0.2) is 26.5 Å². The zero-order chi connectivity index (χ0) is 18.3. The number of aromatic carboxylic acids is 1. The molecule has 0 spiro atoms. The first-order chi connectivity index (χ1) is 11.8. The van der Waals surface area contributed by atoms with Crippen molar-refractivity contribution in [2.24, 2.45) is 5.73 Å². The highest BCUT2D eigenvalue weighted by atomic mass is 32.1. The highest BCUT2D eigenvalue weighted by Gasteiger charge is 2.25. The van der Waals surface area contributed by atoms with Crippen LogP contribution in [0.4, 0.5) is 0 Å². The number of nitrogens with zero attached hydrogens (tertiary/aromatic N) is 2. The Balaban J connectivity index is 2.45. The van der Waals surface area contributed by atoms with E-state index in [1.165, 1.54) is 11.5 Å². The molecule has 0 aliphatic heterocycles.